The quantitative estimate of drug-likeness (QED) is 0.648. The number of anilines is 1. The summed E-state index contributed by atoms with van der Waals surface area (Å²) in [5, 5.41) is 0. The molecule has 0 aliphatic rings. The predicted octanol–water partition coefficient (Wildman–Crippen LogP) is 2.56. The number of nitrogens with two attached hydrogens (primary N) is 1. The molecular formula is C15H22N2O2S. The van der Waals surface area contributed by atoms with Crippen LogP contribution in [0, 0.1) is 20.8 Å². The summed E-state index contributed by atoms with van der Waals surface area (Å²) in [5.74, 6) is 0. The van der Waals surface area contributed by atoms with Crippen molar-refractivity contribution in [2.24, 2.45) is 0 Å². The molecule has 0 aromatic heterocycles. The Kier molecular flexibility index (Phi) is 5.14. The number of hydrogen-bond acceptors (Lipinski definition) is 3. The lowest BCUT2D eigenvalue weighted by molar-refractivity contribution is 0.473. The van der Waals surface area contributed by atoms with Crippen molar-refractivity contribution in [2.45, 2.75) is 25.7 Å². The Morgan fingerprint density at radius 1 is 1.15 bits per heavy atom. The first-order valence-corrected chi connectivity index (χ1v) is 7.79. The fourth-order valence-corrected chi connectivity index (χ4v) is 4.03. The van der Waals surface area contributed by atoms with Crippen LogP contribution in [0.25, 0.3) is 0 Å². The molecule has 1 aromatic rings. The molecule has 110 valence electrons. The highest BCUT2D eigenvalue weighted by Gasteiger charge is 2.27. The molecule has 0 amide bonds. The minimum atomic E-state index is -3.62. The lowest BCUT2D eigenvalue weighted by atomic mass is 10.1. The van der Waals surface area contributed by atoms with E-state index in [0.29, 0.717) is 16.1 Å². The van der Waals surface area contributed by atoms with Gasteiger partial charge in [-0.15, -0.1) is 13.2 Å². The first-order valence-electron chi connectivity index (χ1n) is 6.35. The van der Waals surface area contributed by atoms with Crippen molar-refractivity contribution >= 4 is 15.7 Å². The van der Waals surface area contributed by atoms with Gasteiger partial charge in [-0.05, 0) is 43.5 Å². The van der Waals surface area contributed by atoms with E-state index < -0.39 is 10.0 Å². The van der Waals surface area contributed by atoms with Crippen LogP contribution in [0.2, 0.25) is 0 Å². The maximum atomic E-state index is 12.8. The average molecular weight is 294 g/mol. The molecule has 1 rings (SSSR count). The van der Waals surface area contributed by atoms with Crippen LogP contribution in [0.4, 0.5) is 5.69 Å². The number of benzene rings is 1. The zero-order chi connectivity index (χ0) is 15.5. The van der Waals surface area contributed by atoms with Crippen LogP contribution >= 0.6 is 0 Å². The van der Waals surface area contributed by atoms with E-state index in [0.717, 1.165) is 11.1 Å². The van der Waals surface area contributed by atoms with Gasteiger partial charge in [-0.1, -0.05) is 12.2 Å². The Labute approximate surface area is 121 Å². The van der Waals surface area contributed by atoms with Gasteiger partial charge in [-0.2, -0.15) is 4.31 Å². The van der Waals surface area contributed by atoms with Crippen molar-refractivity contribution in [1.29, 1.82) is 0 Å². The molecule has 0 unspecified atom stereocenters. The summed E-state index contributed by atoms with van der Waals surface area (Å²) < 4.78 is 27.0. The summed E-state index contributed by atoms with van der Waals surface area (Å²) >= 11 is 0. The third-order valence-electron chi connectivity index (χ3n) is 3.34. The maximum absolute atomic E-state index is 12.8. The van der Waals surface area contributed by atoms with Crippen molar-refractivity contribution < 1.29 is 8.42 Å². The van der Waals surface area contributed by atoms with E-state index >= 15 is 0 Å². The van der Waals surface area contributed by atoms with Crippen molar-refractivity contribution in [3.63, 3.8) is 0 Å². The second-order valence-corrected chi connectivity index (χ2v) is 6.64. The van der Waals surface area contributed by atoms with Gasteiger partial charge < -0.3 is 5.73 Å². The monoisotopic (exact) mass is 294 g/mol. The van der Waals surface area contributed by atoms with Crippen LogP contribution in [-0.2, 0) is 10.0 Å². The van der Waals surface area contributed by atoms with Gasteiger partial charge in [0.2, 0.25) is 10.0 Å². The summed E-state index contributed by atoms with van der Waals surface area (Å²) in [7, 11) is -3.62. The molecule has 0 heterocycles. The molecule has 0 aliphatic carbocycles. The van der Waals surface area contributed by atoms with E-state index in [9.17, 15) is 8.42 Å². The highest BCUT2D eigenvalue weighted by Crippen LogP contribution is 2.30. The van der Waals surface area contributed by atoms with Crippen molar-refractivity contribution in [2.75, 3.05) is 18.8 Å². The number of aryl methyl sites for hydroxylation is 1. The van der Waals surface area contributed by atoms with Crippen LogP contribution in [-0.4, -0.2) is 25.8 Å². The summed E-state index contributed by atoms with van der Waals surface area (Å²) in [5.41, 5.74) is 8.59. The average Bonchev–Trinajstić information content (AvgIpc) is 2.36. The van der Waals surface area contributed by atoms with Crippen LogP contribution in [0.15, 0.2) is 36.3 Å². The molecule has 5 heteroatoms. The van der Waals surface area contributed by atoms with E-state index in [1.807, 2.05) is 6.92 Å². The Bertz CT molecular complexity index is 598. The number of nitrogens with zero attached hydrogens (tertiary/aromatic N) is 1. The molecule has 1 aromatic carbocycles. The summed E-state index contributed by atoms with van der Waals surface area (Å²) in [6, 6.07) is 1.80. The fourth-order valence-electron chi connectivity index (χ4n) is 2.12. The van der Waals surface area contributed by atoms with Gasteiger partial charge in [0, 0.05) is 18.8 Å². The largest absolute Gasteiger partial charge is 0.398 e. The fraction of sp³-hybridized carbons (Fsp3) is 0.333. The third kappa shape index (κ3) is 2.94. The Balaban J connectivity index is 3.56. The molecule has 4 nitrogen and oxygen atoms in total. The lowest BCUT2D eigenvalue weighted by Crippen LogP contribution is -2.32. The zero-order valence-electron chi connectivity index (χ0n) is 12.3. The van der Waals surface area contributed by atoms with Crippen molar-refractivity contribution in [3.8, 4) is 0 Å². The minimum absolute atomic E-state index is 0.237. The molecule has 0 spiro atoms. The van der Waals surface area contributed by atoms with Crippen LogP contribution in [0.5, 0.6) is 0 Å². The summed E-state index contributed by atoms with van der Waals surface area (Å²) in [4.78, 5) is 0.290. The molecule has 0 radical (unpaired) electrons. The number of hydrogen-bond donors (Lipinski definition) is 1. The van der Waals surface area contributed by atoms with E-state index in [2.05, 4.69) is 13.2 Å². The third-order valence-corrected chi connectivity index (χ3v) is 5.45. The smallest absolute Gasteiger partial charge is 0.244 e. The molecule has 0 saturated heterocycles. The van der Waals surface area contributed by atoms with E-state index in [-0.39, 0.29) is 13.1 Å². The predicted molar refractivity (Wildman–Crippen MR) is 84.2 cm³/mol. The Morgan fingerprint density at radius 3 is 2.10 bits per heavy atom. The van der Waals surface area contributed by atoms with Crippen molar-refractivity contribution in [1.82, 2.24) is 4.31 Å². The van der Waals surface area contributed by atoms with E-state index in [1.165, 1.54) is 4.31 Å². The summed E-state index contributed by atoms with van der Waals surface area (Å²) in [6.45, 7) is 13.1. The Morgan fingerprint density at radius 2 is 1.65 bits per heavy atom. The minimum Gasteiger partial charge on any atom is -0.398 e. The molecule has 0 aliphatic heterocycles. The van der Waals surface area contributed by atoms with Gasteiger partial charge in [0.1, 0.15) is 0 Å². The SMILES string of the molecule is C=CCN(CC=C)S(=O)(=O)c1c(C)c(C)cc(N)c1C. The van der Waals surface area contributed by atoms with Gasteiger partial charge >= 0.3 is 0 Å². The normalized spacial score (nSPS) is 11.6. The van der Waals surface area contributed by atoms with E-state index in [1.54, 1.807) is 32.1 Å². The number of sulfonamides is 1. The van der Waals surface area contributed by atoms with Gasteiger partial charge in [0.15, 0.2) is 0 Å². The van der Waals surface area contributed by atoms with Crippen LogP contribution < -0.4 is 5.73 Å². The van der Waals surface area contributed by atoms with Crippen LogP contribution in [0.1, 0.15) is 16.7 Å². The number of nitrogen functional groups attached to an aromatic ring is 1. The lowest BCUT2D eigenvalue weighted by Gasteiger charge is -2.23. The molecule has 2 N–H and O–H groups in total. The van der Waals surface area contributed by atoms with Crippen molar-refractivity contribution in [3.05, 3.63) is 48.1 Å². The van der Waals surface area contributed by atoms with E-state index in [4.69, 9.17) is 5.73 Å². The van der Waals surface area contributed by atoms with Gasteiger partial charge in [0.05, 0.1) is 4.90 Å². The molecule has 0 atom stereocenters. The number of rotatable bonds is 6. The maximum Gasteiger partial charge on any atom is 0.244 e. The molecular weight excluding hydrogens is 272 g/mol. The summed E-state index contributed by atoms with van der Waals surface area (Å²) in [6.07, 6.45) is 3.12. The standard InChI is InChI=1S/C15H22N2O2S/c1-6-8-17(9-7-2)20(18,19)15-12(4)11(3)10-14(16)13(15)5/h6-7,10H,1-2,8-9,16H2,3-5H3. The first kappa shape index (κ1) is 16.5. The first-order chi connectivity index (χ1) is 9.27. The van der Waals surface area contributed by atoms with Gasteiger partial charge in [0.25, 0.3) is 0 Å². The molecule has 0 fully saturated rings. The van der Waals surface area contributed by atoms with Gasteiger partial charge in [-0.3, -0.25) is 0 Å². The zero-order valence-corrected chi connectivity index (χ0v) is 13.1. The highest BCUT2D eigenvalue weighted by molar-refractivity contribution is 7.89. The molecule has 20 heavy (non-hydrogen) atoms. The molecule has 0 saturated carbocycles. The molecule has 0 bridgehead atoms. The highest BCUT2D eigenvalue weighted by atomic mass is 32.2. The second kappa shape index (κ2) is 6.24. The van der Waals surface area contributed by atoms with Crippen LogP contribution in [0.3, 0.4) is 0 Å². The second-order valence-electron chi connectivity index (χ2n) is 4.76. The topological polar surface area (TPSA) is 63.4 Å². The van der Waals surface area contributed by atoms with Gasteiger partial charge in [-0.25, -0.2) is 8.42 Å². The Hall–Kier alpha value is -1.59.